The van der Waals surface area contributed by atoms with Gasteiger partial charge in [-0.15, -0.1) is 0 Å². The molecule has 1 amide bonds. The molecule has 0 saturated heterocycles. The van der Waals surface area contributed by atoms with Gasteiger partial charge in [0.25, 0.3) is 0 Å². The van der Waals surface area contributed by atoms with Crippen molar-refractivity contribution >= 4 is 21.7 Å². The van der Waals surface area contributed by atoms with Gasteiger partial charge in [0.1, 0.15) is 5.25 Å². The van der Waals surface area contributed by atoms with Crippen molar-refractivity contribution in [1.29, 1.82) is 0 Å². The third kappa shape index (κ3) is 4.04. The van der Waals surface area contributed by atoms with Gasteiger partial charge in [-0.25, -0.2) is 8.42 Å². The number of hydrogen-bond donors (Lipinski definition) is 1. The highest BCUT2D eigenvalue weighted by Crippen LogP contribution is 2.17. The van der Waals surface area contributed by atoms with Crippen LogP contribution >= 0.6 is 0 Å². The molecule has 7 heteroatoms. The van der Waals surface area contributed by atoms with Crippen LogP contribution in [0.1, 0.15) is 12.5 Å². The van der Waals surface area contributed by atoms with Crippen LogP contribution in [0.2, 0.25) is 0 Å². The Morgan fingerprint density at radius 1 is 1.19 bits per heavy atom. The summed E-state index contributed by atoms with van der Waals surface area (Å²) in [5.41, 5.74) is 0.595. The Morgan fingerprint density at radius 3 is 2.14 bits per heavy atom. The van der Waals surface area contributed by atoms with Gasteiger partial charge in [-0.3, -0.25) is 9.59 Å². The van der Waals surface area contributed by atoms with Gasteiger partial charge in [0.2, 0.25) is 5.91 Å². The topological polar surface area (TPSA) is 91.8 Å². The monoisotopic (exact) mass is 313 g/mol. The number of carbonyl (C=O) groups excluding carboxylic acids is 1. The molecule has 2 unspecified atom stereocenters. The van der Waals surface area contributed by atoms with E-state index in [1.54, 1.807) is 30.3 Å². The van der Waals surface area contributed by atoms with Crippen LogP contribution in [0.4, 0.5) is 0 Å². The predicted octanol–water partition coefficient (Wildman–Crippen LogP) is 0.574. The molecule has 0 aliphatic carbocycles. The van der Waals surface area contributed by atoms with Crippen molar-refractivity contribution in [3.63, 3.8) is 0 Å². The maximum absolute atomic E-state index is 12.4. The number of carboxylic acids is 1. The Morgan fingerprint density at radius 2 is 1.71 bits per heavy atom. The summed E-state index contributed by atoms with van der Waals surface area (Å²) in [7, 11) is -1.27. The number of hydrogen-bond acceptors (Lipinski definition) is 4. The average molecular weight is 313 g/mol. The van der Waals surface area contributed by atoms with Crippen LogP contribution in [0.3, 0.4) is 0 Å². The number of sulfone groups is 1. The molecule has 0 aliphatic heterocycles. The first kappa shape index (κ1) is 17.2. The van der Waals surface area contributed by atoms with E-state index in [0.29, 0.717) is 5.56 Å². The van der Waals surface area contributed by atoms with E-state index < -0.39 is 32.2 Å². The summed E-state index contributed by atoms with van der Waals surface area (Å²) in [5, 5.41) is 6.20. The molecule has 6 nitrogen and oxygen atoms in total. The smallest absolute Gasteiger partial charge is 0.322 e. The zero-order valence-electron chi connectivity index (χ0n) is 12.2. The molecule has 0 bridgehead atoms. The van der Waals surface area contributed by atoms with Gasteiger partial charge >= 0.3 is 5.97 Å². The molecule has 116 valence electrons. The van der Waals surface area contributed by atoms with Crippen molar-refractivity contribution in [2.75, 3.05) is 14.1 Å². The molecule has 2 atom stereocenters. The fourth-order valence-corrected chi connectivity index (χ4v) is 3.61. The van der Waals surface area contributed by atoms with Crippen LogP contribution in [0.15, 0.2) is 30.3 Å². The van der Waals surface area contributed by atoms with Crippen LogP contribution in [-0.4, -0.2) is 54.9 Å². The maximum Gasteiger partial charge on any atom is 0.322 e. The van der Waals surface area contributed by atoms with Gasteiger partial charge in [-0.2, -0.15) is 0 Å². The fraction of sp³-hybridized carbons (Fsp3) is 0.429. The summed E-state index contributed by atoms with van der Waals surface area (Å²) < 4.78 is 24.8. The molecule has 0 fully saturated rings. The van der Waals surface area contributed by atoms with Crippen molar-refractivity contribution in [1.82, 2.24) is 4.90 Å². The average Bonchev–Trinajstić information content (AvgIpc) is 2.43. The molecule has 0 radical (unpaired) electrons. The van der Waals surface area contributed by atoms with Crippen molar-refractivity contribution in [3.8, 4) is 0 Å². The highest BCUT2D eigenvalue weighted by atomic mass is 32.2. The van der Waals surface area contributed by atoms with Crippen molar-refractivity contribution in [3.05, 3.63) is 35.9 Å². The second-order valence-corrected chi connectivity index (χ2v) is 7.43. The Kier molecular flexibility index (Phi) is 5.48. The molecule has 1 rings (SSSR count). The molecule has 0 aromatic heterocycles. The number of amides is 1. The summed E-state index contributed by atoms with van der Waals surface area (Å²) >= 11 is 0. The molecule has 1 N–H and O–H groups in total. The number of aliphatic carboxylic acids is 1. The van der Waals surface area contributed by atoms with Crippen LogP contribution in [-0.2, 0) is 25.8 Å². The number of rotatable bonds is 6. The largest absolute Gasteiger partial charge is 0.480 e. The lowest BCUT2D eigenvalue weighted by Crippen LogP contribution is -2.45. The van der Waals surface area contributed by atoms with Crippen LogP contribution < -0.4 is 0 Å². The predicted molar refractivity (Wildman–Crippen MR) is 78.6 cm³/mol. The molecular weight excluding hydrogens is 294 g/mol. The Balaban J connectivity index is 3.10. The lowest BCUT2D eigenvalue weighted by Gasteiger charge is -2.21. The summed E-state index contributed by atoms with van der Waals surface area (Å²) in [6, 6.07) is 8.48. The zero-order valence-corrected chi connectivity index (χ0v) is 13.0. The molecule has 21 heavy (non-hydrogen) atoms. The van der Waals surface area contributed by atoms with E-state index in [4.69, 9.17) is 0 Å². The molecular formula is C14H19NO5S. The second kappa shape index (κ2) is 6.71. The minimum Gasteiger partial charge on any atom is -0.480 e. The van der Waals surface area contributed by atoms with Gasteiger partial charge in [-0.1, -0.05) is 30.3 Å². The van der Waals surface area contributed by atoms with E-state index >= 15 is 0 Å². The normalized spacial score (nSPS) is 14.2. The molecule has 0 aliphatic rings. The Labute approximate surface area is 124 Å². The van der Waals surface area contributed by atoms with Gasteiger partial charge in [-0.05, 0) is 18.9 Å². The summed E-state index contributed by atoms with van der Waals surface area (Å²) in [5.74, 6) is -2.08. The van der Waals surface area contributed by atoms with E-state index in [1.165, 1.54) is 21.0 Å². The lowest BCUT2D eigenvalue weighted by atomic mass is 10.1. The van der Waals surface area contributed by atoms with E-state index in [1.807, 2.05) is 0 Å². The summed E-state index contributed by atoms with van der Waals surface area (Å²) in [6.07, 6.45) is -0.163. The van der Waals surface area contributed by atoms with Crippen LogP contribution in [0.5, 0.6) is 0 Å². The first-order valence-corrected chi connectivity index (χ1v) is 7.99. The molecule has 1 aromatic rings. The minimum atomic E-state index is -4.13. The molecule has 0 heterocycles. The SMILES string of the molecule is CC(C(=O)N(C)C)S(=O)(=O)C(Cc1ccccc1)C(=O)O. The van der Waals surface area contributed by atoms with Gasteiger partial charge in [0.15, 0.2) is 15.1 Å². The first-order chi connectivity index (χ1) is 9.67. The summed E-state index contributed by atoms with van der Waals surface area (Å²) in [6.45, 7) is 1.22. The lowest BCUT2D eigenvalue weighted by molar-refractivity contribution is -0.136. The number of carboxylic acid groups (broad SMARTS) is 1. The number of nitrogens with zero attached hydrogens (tertiary/aromatic N) is 1. The number of carbonyl (C=O) groups is 2. The number of benzene rings is 1. The van der Waals surface area contributed by atoms with Gasteiger partial charge < -0.3 is 10.0 Å². The third-order valence-corrected chi connectivity index (χ3v) is 5.57. The van der Waals surface area contributed by atoms with E-state index in [-0.39, 0.29) is 6.42 Å². The van der Waals surface area contributed by atoms with Crippen molar-refractivity contribution in [2.24, 2.45) is 0 Å². The molecule has 1 aromatic carbocycles. The Hall–Kier alpha value is -1.89. The first-order valence-electron chi connectivity index (χ1n) is 6.38. The standard InChI is InChI=1S/C14H19NO5S/c1-10(13(16)15(2)3)21(19,20)12(14(17)18)9-11-7-5-4-6-8-11/h4-8,10,12H,9H2,1-3H3,(H,17,18). The summed E-state index contributed by atoms with van der Waals surface area (Å²) in [4.78, 5) is 24.3. The Bertz CT molecular complexity index is 610. The van der Waals surface area contributed by atoms with Gasteiger partial charge in [0.05, 0.1) is 0 Å². The highest BCUT2D eigenvalue weighted by molar-refractivity contribution is 7.94. The maximum atomic E-state index is 12.4. The second-order valence-electron chi connectivity index (χ2n) is 4.98. The third-order valence-electron chi connectivity index (χ3n) is 3.22. The molecule has 0 saturated carbocycles. The molecule has 0 spiro atoms. The van der Waals surface area contributed by atoms with E-state index in [2.05, 4.69) is 0 Å². The van der Waals surface area contributed by atoms with Crippen molar-refractivity contribution in [2.45, 2.75) is 23.8 Å². The van der Waals surface area contributed by atoms with E-state index in [0.717, 1.165) is 4.90 Å². The van der Waals surface area contributed by atoms with Crippen molar-refractivity contribution < 1.29 is 23.1 Å². The zero-order chi connectivity index (χ0) is 16.2. The van der Waals surface area contributed by atoms with E-state index in [9.17, 15) is 23.1 Å². The minimum absolute atomic E-state index is 0.163. The van der Waals surface area contributed by atoms with Gasteiger partial charge in [0, 0.05) is 14.1 Å². The van der Waals surface area contributed by atoms with Crippen LogP contribution in [0, 0.1) is 0 Å². The van der Waals surface area contributed by atoms with Crippen LogP contribution in [0.25, 0.3) is 0 Å². The quantitative estimate of drug-likeness (QED) is 0.829. The fourth-order valence-electron chi connectivity index (χ4n) is 1.92. The highest BCUT2D eigenvalue weighted by Gasteiger charge is 2.40.